The van der Waals surface area contributed by atoms with E-state index in [1.54, 1.807) is 17.4 Å². The number of nitrogens with one attached hydrogen (secondary N) is 1. The van der Waals surface area contributed by atoms with Crippen molar-refractivity contribution < 1.29 is 13.2 Å². The molecule has 0 aliphatic rings. The summed E-state index contributed by atoms with van der Waals surface area (Å²) in [5.74, 6) is 0. The van der Waals surface area contributed by atoms with Crippen LogP contribution >= 0.6 is 11.3 Å². The molecule has 0 saturated heterocycles. The van der Waals surface area contributed by atoms with E-state index in [2.05, 4.69) is 5.32 Å². The molecule has 1 heterocycles. The van der Waals surface area contributed by atoms with E-state index in [1.807, 2.05) is 26.0 Å². The molecule has 1 aromatic carbocycles. The Kier molecular flexibility index (Phi) is 4.50. The first-order valence-electron chi connectivity index (χ1n) is 6.33. The second-order valence-electron chi connectivity index (χ2n) is 4.71. The van der Waals surface area contributed by atoms with Gasteiger partial charge >= 0.3 is 6.18 Å². The molecule has 0 amide bonds. The van der Waals surface area contributed by atoms with Crippen LogP contribution in [0.25, 0.3) is 0 Å². The summed E-state index contributed by atoms with van der Waals surface area (Å²) in [5.41, 5.74) is -0.290. The lowest BCUT2D eigenvalue weighted by Crippen LogP contribution is -2.20. The highest BCUT2D eigenvalue weighted by atomic mass is 32.1. The molecule has 1 atom stereocenters. The van der Waals surface area contributed by atoms with Gasteiger partial charge in [-0.05, 0) is 37.6 Å². The average Bonchev–Trinajstić information content (AvgIpc) is 2.82. The molecule has 5 heteroatoms. The van der Waals surface area contributed by atoms with E-state index in [4.69, 9.17) is 0 Å². The van der Waals surface area contributed by atoms with Gasteiger partial charge in [0.15, 0.2) is 0 Å². The van der Waals surface area contributed by atoms with E-state index in [1.165, 1.54) is 17.0 Å². The number of benzene rings is 1. The highest BCUT2D eigenvalue weighted by Crippen LogP contribution is 2.32. The van der Waals surface area contributed by atoms with Gasteiger partial charge in [0.2, 0.25) is 0 Å². The number of aryl methyl sites for hydroxylation is 1. The minimum Gasteiger partial charge on any atom is -0.305 e. The molecule has 1 nitrogen and oxygen atoms in total. The normalized spacial score (nSPS) is 13.4. The van der Waals surface area contributed by atoms with Crippen molar-refractivity contribution in [1.29, 1.82) is 0 Å². The van der Waals surface area contributed by atoms with Crippen LogP contribution in [0.4, 0.5) is 13.2 Å². The molecule has 1 N–H and O–H groups in total. The molecule has 0 radical (unpaired) electrons. The summed E-state index contributed by atoms with van der Waals surface area (Å²) in [6.07, 6.45) is -4.30. The van der Waals surface area contributed by atoms with Crippen molar-refractivity contribution in [1.82, 2.24) is 5.32 Å². The van der Waals surface area contributed by atoms with Gasteiger partial charge in [-0.1, -0.05) is 18.2 Å². The predicted octanol–water partition coefficient (Wildman–Crippen LogP) is 4.93. The molecule has 0 fully saturated rings. The molecule has 0 bridgehead atoms. The number of thiophene rings is 1. The fraction of sp³-hybridized carbons (Fsp3) is 0.333. The molecule has 1 unspecified atom stereocenters. The molecular weight excluding hydrogens is 283 g/mol. The summed E-state index contributed by atoms with van der Waals surface area (Å²) in [7, 11) is 0. The molecule has 1 aromatic heterocycles. The van der Waals surface area contributed by atoms with E-state index < -0.39 is 11.7 Å². The quantitative estimate of drug-likeness (QED) is 0.844. The Morgan fingerprint density at radius 2 is 1.85 bits per heavy atom. The lowest BCUT2D eigenvalue weighted by atomic mass is 10.1. The molecule has 108 valence electrons. The van der Waals surface area contributed by atoms with Crippen molar-refractivity contribution in [2.24, 2.45) is 0 Å². The van der Waals surface area contributed by atoms with Gasteiger partial charge in [-0.15, -0.1) is 11.3 Å². The van der Waals surface area contributed by atoms with Gasteiger partial charge in [0.25, 0.3) is 0 Å². The molecule has 0 aliphatic carbocycles. The van der Waals surface area contributed by atoms with Crippen molar-refractivity contribution in [2.75, 3.05) is 0 Å². The number of halogens is 3. The zero-order valence-electron chi connectivity index (χ0n) is 11.3. The summed E-state index contributed by atoms with van der Waals surface area (Å²) in [6, 6.07) is 9.74. The zero-order valence-corrected chi connectivity index (χ0v) is 12.1. The van der Waals surface area contributed by atoms with Crippen LogP contribution in [-0.4, -0.2) is 0 Å². The summed E-state index contributed by atoms with van der Waals surface area (Å²) in [6.45, 7) is 4.18. The minimum absolute atomic E-state index is 0.0370. The SMILES string of the molecule is Cc1ccc(C(C)NCc2ccccc2C(F)(F)F)s1. The van der Waals surface area contributed by atoms with Crippen molar-refractivity contribution in [3.05, 3.63) is 57.3 Å². The highest BCUT2D eigenvalue weighted by Gasteiger charge is 2.32. The van der Waals surface area contributed by atoms with Crippen molar-refractivity contribution in [3.63, 3.8) is 0 Å². The standard InChI is InChI=1S/C15H16F3NS/c1-10-7-8-14(20-10)11(2)19-9-12-5-3-4-6-13(12)15(16,17)18/h3-8,11,19H,9H2,1-2H3. The van der Waals surface area contributed by atoms with Crippen LogP contribution in [0.1, 0.15) is 33.8 Å². The van der Waals surface area contributed by atoms with Gasteiger partial charge in [-0.2, -0.15) is 13.2 Å². The first-order valence-corrected chi connectivity index (χ1v) is 7.14. The van der Waals surface area contributed by atoms with E-state index in [0.717, 1.165) is 10.9 Å². The Hall–Kier alpha value is -1.33. The second kappa shape index (κ2) is 5.97. The average molecular weight is 299 g/mol. The third-order valence-electron chi connectivity index (χ3n) is 3.11. The maximum Gasteiger partial charge on any atom is 0.416 e. The van der Waals surface area contributed by atoms with Gasteiger partial charge in [-0.3, -0.25) is 0 Å². The van der Waals surface area contributed by atoms with Crippen LogP contribution in [0, 0.1) is 6.92 Å². The van der Waals surface area contributed by atoms with E-state index in [9.17, 15) is 13.2 Å². The number of alkyl halides is 3. The predicted molar refractivity (Wildman–Crippen MR) is 75.8 cm³/mol. The Labute approximate surface area is 120 Å². The number of rotatable bonds is 4. The molecule has 20 heavy (non-hydrogen) atoms. The maximum atomic E-state index is 12.9. The maximum absolute atomic E-state index is 12.9. The number of hydrogen-bond donors (Lipinski definition) is 1. The summed E-state index contributed by atoms with van der Waals surface area (Å²) in [4.78, 5) is 2.33. The number of hydrogen-bond acceptors (Lipinski definition) is 2. The molecular formula is C15H16F3NS. The van der Waals surface area contributed by atoms with Crippen LogP contribution in [0.3, 0.4) is 0 Å². The molecule has 2 aromatic rings. The van der Waals surface area contributed by atoms with Crippen molar-refractivity contribution in [2.45, 2.75) is 32.6 Å². The summed E-state index contributed by atoms with van der Waals surface area (Å²) in [5, 5.41) is 3.15. The monoisotopic (exact) mass is 299 g/mol. The van der Waals surface area contributed by atoms with Crippen molar-refractivity contribution >= 4 is 11.3 Å². The Balaban J connectivity index is 2.08. The first-order chi connectivity index (χ1) is 9.38. The summed E-state index contributed by atoms with van der Waals surface area (Å²) >= 11 is 1.66. The fourth-order valence-electron chi connectivity index (χ4n) is 2.00. The zero-order chi connectivity index (χ0) is 14.8. The lowest BCUT2D eigenvalue weighted by molar-refractivity contribution is -0.138. The Bertz CT molecular complexity index is 574. The molecule has 0 spiro atoms. The first kappa shape index (κ1) is 15.1. The minimum atomic E-state index is -4.30. The Morgan fingerprint density at radius 3 is 2.45 bits per heavy atom. The lowest BCUT2D eigenvalue weighted by Gasteiger charge is -2.16. The molecule has 0 saturated carbocycles. The smallest absolute Gasteiger partial charge is 0.305 e. The fourth-order valence-corrected chi connectivity index (χ4v) is 2.90. The van der Waals surface area contributed by atoms with E-state index in [-0.39, 0.29) is 18.2 Å². The van der Waals surface area contributed by atoms with Crippen LogP contribution in [0.15, 0.2) is 36.4 Å². The van der Waals surface area contributed by atoms with Crippen LogP contribution in [-0.2, 0) is 12.7 Å². The second-order valence-corrected chi connectivity index (χ2v) is 6.03. The van der Waals surface area contributed by atoms with Gasteiger partial charge in [-0.25, -0.2) is 0 Å². The van der Waals surface area contributed by atoms with Crippen molar-refractivity contribution in [3.8, 4) is 0 Å². The largest absolute Gasteiger partial charge is 0.416 e. The third kappa shape index (κ3) is 3.61. The molecule has 0 aliphatic heterocycles. The van der Waals surface area contributed by atoms with Gasteiger partial charge in [0.1, 0.15) is 0 Å². The van der Waals surface area contributed by atoms with Crippen LogP contribution < -0.4 is 5.32 Å². The van der Waals surface area contributed by atoms with E-state index in [0.29, 0.717) is 0 Å². The van der Waals surface area contributed by atoms with Crippen LogP contribution in [0.2, 0.25) is 0 Å². The van der Waals surface area contributed by atoms with Gasteiger partial charge in [0, 0.05) is 22.3 Å². The van der Waals surface area contributed by atoms with E-state index >= 15 is 0 Å². The van der Waals surface area contributed by atoms with Gasteiger partial charge < -0.3 is 5.32 Å². The highest BCUT2D eigenvalue weighted by molar-refractivity contribution is 7.12. The van der Waals surface area contributed by atoms with Gasteiger partial charge in [0.05, 0.1) is 5.56 Å². The Morgan fingerprint density at radius 1 is 1.15 bits per heavy atom. The summed E-state index contributed by atoms with van der Waals surface area (Å²) < 4.78 is 38.6. The third-order valence-corrected chi connectivity index (χ3v) is 4.29. The molecule has 2 rings (SSSR count). The topological polar surface area (TPSA) is 12.0 Å². The van der Waals surface area contributed by atoms with Crippen LogP contribution in [0.5, 0.6) is 0 Å².